The van der Waals surface area contributed by atoms with Gasteiger partial charge in [0.05, 0.1) is 17.1 Å². The number of rotatable bonds is 7. The highest BCUT2D eigenvalue weighted by Crippen LogP contribution is 2.18. The molecule has 0 radical (unpaired) electrons. The van der Waals surface area contributed by atoms with Gasteiger partial charge in [-0.15, -0.1) is 0 Å². The third-order valence-corrected chi connectivity index (χ3v) is 5.37. The molecule has 1 heterocycles. The monoisotopic (exact) mass is 426 g/mol. The number of nitrogens with one attached hydrogen (secondary N) is 3. The fourth-order valence-electron chi connectivity index (χ4n) is 3.65. The number of hydrogen-bond acceptors (Lipinski definition) is 3. The van der Waals surface area contributed by atoms with Gasteiger partial charge in [0, 0.05) is 24.6 Å². The van der Waals surface area contributed by atoms with Crippen LogP contribution in [-0.2, 0) is 17.6 Å². The zero-order valence-corrected chi connectivity index (χ0v) is 18.2. The van der Waals surface area contributed by atoms with Crippen LogP contribution in [0.4, 0.5) is 5.69 Å². The Bertz CT molecular complexity index is 1230. The van der Waals surface area contributed by atoms with Crippen molar-refractivity contribution >= 4 is 28.5 Å². The molecule has 0 unspecified atom stereocenters. The summed E-state index contributed by atoms with van der Waals surface area (Å²) in [6, 6.07) is 23.2. The summed E-state index contributed by atoms with van der Waals surface area (Å²) < 4.78 is 0. The zero-order valence-electron chi connectivity index (χ0n) is 18.2. The van der Waals surface area contributed by atoms with Crippen LogP contribution in [0.2, 0.25) is 0 Å². The summed E-state index contributed by atoms with van der Waals surface area (Å²) in [5.74, 6) is 0.683. The van der Waals surface area contributed by atoms with E-state index in [9.17, 15) is 9.59 Å². The number of H-pyrrole nitrogens is 1. The lowest BCUT2D eigenvalue weighted by Crippen LogP contribution is -2.26. The minimum Gasteiger partial charge on any atom is -0.346 e. The maximum atomic E-state index is 12.7. The average Bonchev–Trinajstić information content (AvgIpc) is 3.21. The van der Waals surface area contributed by atoms with Crippen molar-refractivity contribution in [1.29, 1.82) is 0 Å². The van der Waals surface area contributed by atoms with Gasteiger partial charge in [-0.3, -0.25) is 9.59 Å². The van der Waals surface area contributed by atoms with Crippen LogP contribution < -0.4 is 10.6 Å². The van der Waals surface area contributed by atoms with Gasteiger partial charge >= 0.3 is 0 Å². The van der Waals surface area contributed by atoms with Gasteiger partial charge in [-0.25, -0.2) is 4.98 Å². The van der Waals surface area contributed by atoms with Gasteiger partial charge in [-0.05, 0) is 54.8 Å². The molecule has 3 aromatic carbocycles. The molecule has 0 saturated heterocycles. The summed E-state index contributed by atoms with van der Waals surface area (Å²) in [7, 11) is 0. The molecule has 0 fully saturated rings. The van der Waals surface area contributed by atoms with Gasteiger partial charge in [-0.2, -0.15) is 0 Å². The molecule has 0 aliphatic carbocycles. The number of anilines is 1. The first-order chi connectivity index (χ1) is 15.5. The molecule has 0 saturated carbocycles. The maximum Gasteiger partial charge on any atom is 0.251 e. The summed E-state index contributed by atoms with van der Waals surface area (Å²) in [6.07, 6.45) is 1.57. The SMILES string of the molecule is CC(=O)Nc1ccc(CCc2nc3ccc(C(=O)N[C@H](C)c4ccccc4)cc3[nH]2)cc1. The van der Waals surface area contributed by atoms with Crippen molar-refractivity contribution in [2.24, 2.45) is 0 Å². The Morgan fingerprint density at radius 1 is 0.969 bits per heavy atom. The molecular weight excluding hydrogens is 400 g/mol. The number of fused-ring (bicyclic) bond motifs is 1. The molecule has 6 nitrogen and oxygen atoms in total. The molecule has 0 spiro atoms. The Balaban J connectivity index is 1.40. The summed E-state index contributed by atoms with van der Waals surface area (Å²) in [6.45, 7) is 3.47. The number of hydrogen-bond donors (Lipinski definition) is 3. The number of imidazole rings is 1. The minimum absolute atomic E-state index is 0.0752. The normalized spacial score (nSPS) is 11.8. The molecule has 32 heavy (non-hydrogen) atoms. The van der Waals surface area contributed by atoms with Crippen LogP contribution in [0.1, 0.15) is 47.2 Å². The van der Waals surface area contributed by atoms with Crippen LogP contribution >= 0.6 is 0 Å². The topological polar surface area (TPSA) is 86.9 Å². The smallest absolute Gasteiger partial charge is 0.251 e. The van der Waals surface area contributed by atoms with Gasteiger partial charge < -0.3 is 15.6 Å². The highest BCUT2D eigenvalue weighted by atomic mass is 16.2. The van der Waals surface area contributed by atoms with Crippen molar-refractivity contribution in [3.63, 3.8) is 0 Å². The number of aromatic amines is 1. The van der Waals surface area contributed by atoms with Gasteiger partial charge in [0.15, 0.2) is 0 Å². The van der Waals surface area contributed by atoms with Crippen molar-refractivity contribution < 1.29 is 9.59 Å². The second-order valence-corrected chi connectivity index (χ2v) is 7.90. The van der Waals surface area contributed by atoms with Crippen LogP contribution in [0, 0.1) is 0 Å². The molecule has 0 aliphatic heterocycles. The number of carbonyl (C=O) groups is 2. The third kappa shape index (κ3) is 5.21. The van der Waals surface area contributed by atoms with Crippen molar-refractivity contribution in [2.45, 2.75) is 32.7 Å². The summed E-state index contributed by atoms with van der Waals surface area (Å²) in [5, 5.41) is 5.82. The molecule has 162 valence electrons. The standard InChI is InChI=1S/C26H26N4O2/c1-17(20-6-4-3-5-7-20)27-26(32)21-11-14-23-24(16-21)30-25(29-23)15-10-19-8-12-22(13-9-19)28-18(2)31/h3-9,11-14,16-17H,10,15H2,1-2H3,(H,27,32)(H,28,31)(H,29,30)/t17-/m1/s1. The Kier molecular flexibility index (Phi) is 6.31. The molecule has 1 aromatic heterocycles. The number of nitrogens with zero attached hydrogens (tertiary/aromatic N) is 1. The Morgan fingerprint density at radius 2 is 1.72 bits per heavy atom. The number of carbonyl (C=O) groups excluding carboxylic acids is 2. The quantitative estimate of drug-likeness (QED) is 0.397. The Hall–Kier alpha value is -3.93. The largest absolute Gasteiger partial charge is 0.346 e. The molecule has 0 aliphatic rings. The summed E-state index contributed by atoms with van der Waals surface area (Å²) >= 11 is 0. The van der Waals surface area contributed by atoms with E-state index in [1.807, 2.05) is 73.7 Å². The molecule has 1 atom stereocenters. The summed E-state index contributed by atoms with van der Waals surface area (Å²) in [5.41, 5.74) is 5.31. The highest BCUT2D eigenvalue weighted by Gasteiger charge is 2.13. The lowest BCUT2D eigenvalue weighted by Gasteiger charge is -2.14. The highest BCUT2D eigenvalue weighted by molar-refractivity contribution is 5.97. The van der Waals surface area contributed by atoms with E-state index in [0.717, 1.165) is 46.5 Å². The number of amides is 2. The van der Waals surface area contributed by atoms with E-state index in [4.69, 9.17) is 0 Å². The summed E-state index contributed by atoms with van der Waals surface area (Å²) in [4.78, 5) is 31.8. The minimum atomic E-state index is -0.112. The Labute approximate surface area is 187 Å². The second kappa shape index (κ2) is 9.47. The van der Waals surface area contributed by atoms with Crippen molar-refractivity contribution in [2.75, 3.05) is 5.32 Å². The number of aryl methyl sites for hydroxylation is 2. The first kappa shape index (κ1) is 21.3. The van der Waals surface area contributed by atoms with Crippen molar-refractivity contribution in [3.05, 3.63) is 95.3 Å². The molecule has 0 bridgehead atoms. The van der Waals surface area contributed by atoms with Crippen molar-refractivity contribution in [1.82, 2.24) is 15.3 Å². The predicted molar refractivity (Wildman–Crippen MR) is 127 cm³/mol. The Morgan fingerprint density at radius 3 is 2.44 bits per heavy atom. The lowest BCUT2D eigenvalue weighted by molar-refractivity contribution is -0.114. The first-order valence-electron chi connectivity index (χ1n) is 10.7. The van der Waals surface area contributed by atoms with E-state index in [0.29, 0.717) is 5.56 Å². The van der Waals surface area contributed by atoms with Crippen LogP contribution in [0.3, 0.4) is 0 Å². The molecule has 4 aromatic rings. The second-order valence-electron chi connectivity index (χ2n) is 7.90. The van der Waals surface area contributed by atoms with Crippen LogP contribution in [0.25, 0.3) is 11.0 Å². The molecule has 3 N–H and O–H groups in total. The third-order valence-electron chi connectivity index (χ3n) is 5.37. The maximum absolute atomic E-state index is 12.7. The van der Waals surface area contributed by atoms with Crippen molar-refractivity contribution in [3.8, 4) is 0 Å². The zero-order chi connectivity index (χ0) is 22.5. The van der Waals surface area contributed by atoms with Gasteiger partial charge in [0.1, 0.15) is 5.82 Å². The first-order valence-corrected chi connectivity index (χ1v) is 10.7. The fraction of sp³-hybridized carbons (Fsp3) is 0.192. The van der Waals surface area contributed by atoms with Gasteiger partial charge in [-0.1, -0.05) is 42.5 Å². The van der Waals surface area contributed by atoms with E-state index in [1.165, 1.54) is 6.92 Å². The molecule has 2 amide bonds. The molecule has 4 rings (SSSR count). The molecular formula is C26H26N4O2. The van der Waals surface area contributed by atoms with Gasteiger partial charge in [0.2, 0.25) is 5.91 Å². The van der Waals surface area contributed by atoms with E-state index >= 15 is 0 Å². The predicted octanol–water partition coefficient (Wildman–Crippen LogP) is 4.80. The van der Waals surface area contributed by atoms with E-state index < -0.39 is 0 Å². The van der Waals surface area contributed by atoms with Gasteiger partial charge in [0.25, 0.3) is 5.91 Å². The van der Waals surface area contributed by atoms with E-state index in [-0.39, 0.29) is 17.9 Å². The van der Waals surface area contributed by atoms with Crippen LogP contribution in [-0.4, -0.2) is 21.8 Å². The molecule has 6 heteroatoms. The average molecular weight is 427 g/mol. The van der Waals surface area contributed by atoms with Crippen LogP contribution in [0.15, 0.2) is 72.8 Å². The fourth-order valence-corrected chi connectivity index (χ4v) is 3.65. The van der Waals surface area contributed by atoms with Crippen LogP contribution in [0.5, 0.6) is 0 Å². The van der Waals surface area contributed by atoms with E-state index in [1.54, 1.807) is 6.07 Å². The number of aromatic nitrogens is 2. The van der Waals surface area contributed by atoms with E-state index in [2.05, 4.69) is 20.6 Å². The number of benzene rings is 3. The lowest BCUT2D eigenvalue weighted by atomic mass is 10.1.